The van der Waals surface area contributed by atoms with Gasteiger partial charge in [0.1, 0.15) is 0 Å². The van der Waals surface area contributed by atoms with Crippen LogP contribution in [0.3, 0.4) is 0 Å². The Balaban J connectivity index is 2.12. The highest BCUT2D eigenvalue weighted by atomic mass is 32.2. The summed E-state index contributed by atoms with van der Waals surface area (Å²) in [6, 6.07) is 16.0. The fourth-order valence-electron chi connectivity index (χ4n) is 2.33. The van der Waals surface area contributed by atoms with E-state index in [2.05, 4.69) is 11.9 Å². The van der Waals surface area contributed by atoms with Crippen molar-refractivity contribution in [1.29, 1.82) is 0 Å². The number of hydrogen-bond acceptors (Lipinski definition) is 5. The van der Waals surface area contributed by atoms with Crippen LogP contribution in [0.5, 0.6) is 0 Å². The molecule has 6 heteroatoms. The number of thioether (sulfide) groups is 1. The molecule has 1 atom stereocenters. The molecule has 2 aromatic carbocycles. The van der Waals surface area contributed by atoms with Gasteiger partial charge >= 0.3 is 0 Å². The number of rotatable bonds is 6. The van der Waals surface area contributed by atoms with Gasteiger partial charge < -0.3 is 4.42 Å². The fourth-order valence-corrected chi connectivity index (χ4v) is 4.82. The quantitative estimate of drug-likeness (QED) is 0.532. The van der Waals surface area contributed by atoms with Crippen LogP contribution in [0.25, 0.3) is 11.5 Å². The Morgan fingerprint density at radius 3 is 2.35 bits per heavy atom. The number of oxazole rings is 1. The highest BCUT2D eigenvalue weighted by molar-refractivity contribution is 8.00. The van der Waals surface area contributed by atoms with Gasteiger partial charge in [-0.1, -0.05) is 61.5 Å². The van der Waals surface area contributed by atoms with Gasteiger partial charge in [0.05, 0.1) is 4.90 Å². The van der Waals surface area contributed by atoms with Crippen molar-refractivity contribution in [3.05, 3.63) is 60.2 Å². The van der Waals surface area contributed by atoms with Crippen LogP contribution in [0.2, 0.25) is 0 Å². The van der Waals surface area contributed by atoms with Gasteiger partial charge in [-0.15, -0.1) is 0 Å². The summed E-state index contributed by atoms with van der Waals surface area (Å²) < 4.78 is 32.1. The van der Waals surface area contributed by atoms with Crippen molar-refractivity contribution in [1.82, 2.24) is 4.98 Å². The topological polar surface area (TPSA) is 60.2 Å². The van der Waals surface area contributed by atoms with Crippen LogP contribution >= 0.6 is 11.8 Å². The van der Waals surface area contributed by atoms with E-state index in [-0.39, 0.29) is 15.2 Å². The van der Waals surface area contributed by atoms with Crippen LogP contribution in [0.15, 0.2) is 74.0 Å². The van der Waals surface area contributed by atoms with E-state index in [1.165, 1.54) is 11.8 Å². The molecule has 3 aromatic rings. The minimum absolute atomic E-state index is 0.00965. The van der Waals surface area contributed by atoms with Crippen LogP contribution in [0, 0.1) is 6.92 Å². The molecule has 4 nitrogen and oxygen atoms in total. The molecule has 0 bridgehead atoms. The second-order valence-electron chi connectivity index (χ2n) is 6.13. The van der Waals surface area contributed by atoms with Gasteiger partial charge in [0, 0.05) is 10.8 Å². The summed E-state index contributed by atoms with van der Waals surface area (Å²) in [5.41, 5.74) is 1.88. The van der Waals surface area contributed by atoms with Crippen LogP contribution in [0.1, 0.15) is 25.8 Å². The first-order chi connectivity index (χ1) is 12.4. The molecule has 26 heavy (non-hydrogen) atoms. The van der Waals surface area contributed by atoms with E-state index in [4.69, 9.17) is 4.42 Å². The second kappa shape index (κ2) is 7.68. The third kappa shape index (κ3) is 3.86. The maximum Gasteiger partial charge on any atom is 0.228 e. The number of benzene rings is 2. The Kier molecular flexibility index (Phi) is 5.53. The van der Waals surface area contributed by atoms with E-state index in [1.54, 1.807) is 30.3 Å². The summed E-state index contributed by atoms with van der Waals surface area (Å²) in [5, 5.41) is 0.557. The van der Waals surface area contributed by atoms with Crippen LogP contribution in [-0.2, 0) is 9.84 Å². The van der Waals surface area contributed by atoms with Gasteiger partial charge in [0.25, 0.3) is 0 Å². The Morgan fingerprint density at radius 2 is 1.73 bits per heavy atom. The highest BCUT2D eigenvalue weighted by Crippen LogP contribution is 2.37. The zero-order chi connectivity index (χ0) is 18.7. The molecule has 3 rings (SSSR count). The maximum absolute atomic E-state index is 13.1. The molecule has 0 aliphatic heterocycles. The Labute approximate surface area is 158 Å². The predicted molar refractivity (Wildman–Crippen MR) is 104 cm³/mol. The Morgan fingerprint density at radius 1 is 1.08 bits per heavy atom. The molecule has 0 aliphatic carbocycles. The molecule has 1 heterocycles. The monoisotopic (exact) mass is 387 g/mol. The van der Waals surface area contributed by atoms with Crippen molar-refractivity contribution >= 4 is 21.6 Å². The summed E-state index contributed by atoms with van der Waals surface area (Å²) in [6.45, 7) is 6.09. The van der Waals surface area contributed by atoms with Gasteiger partial charge in [-0.3, -0.25) is 0 Å². The van der Waals surface area contributed by atoms with E-state index in [0.29, 0.717) is 11.0 Å². The van der Waals surface area contributed by atoms with Gasteiger partial charge in [-0.25, -0.2) is 8.42 Å². The number of sulfone groups is 1. The van der Waals surface area contributed by atoms with E-state index >= 15 is 0 Å². The molecule has 1 aromatic heterocycles. The van der Waals surface area contributed by atoms with E-state index in [1.807, 2.05) is 38.1 Å². The lowest BCUT2D eigenvalue weighted by molar-refractivity contribution is 0.469. The van der Waals surface area contributed by atoms with Crippen molar-refractivity contribution in [2.45, 2.75) is 47.5 Å². The van der Waals surface area contributed by atoms with E-state index in [0.717, 1.165) is 17.5 Å². The standard InChI is InChI=1S/C20H21NO3S2/c1-4-15(3)25-20-19(26(22,23)17-8-6-5-7-9-17)21-18(24-20)16-12-10-14(2)11-13-16/h5-13,15H,4H2,1-3H3/t15-/m0/s1. The van der Waals surface area contributed by atoms with Crippen LogP contribution in [0.4, 0.5) is 0 Å². The molecular weight excluding hydrogens is 366 g/mol. The highest BCUT2D eigenvalue weighted by Gasteiger charge is 2.29. The predicted octanol–water partition coefficient (Wildman–Crippen LogP) is 5.37. The smallest absolute Gasteiger partial charge is 0.228 e. The first-order valence-corrected chi connectivity index (χ1v) is 10.8. The minimum atomic E-state index is -3.74. The second-order valence-corrected chi connectivity index (χ2v) is 9.41. The molecule has 0 spiro atoms. The summed E-state index contributed by atoms with van der Waals surface area (Å²) >= 11 is 1.40. The van der Waals surface area contributed by atoms with Crippen molar-refractivity contribution in [3.63, 3.8) is 0 Å². The molecular formula is C20H21NO3S2. The Hall–Kier alpha value is -2.05. The zero-order valence-corrected chi connectivity index (χ0v) is 16.6. The van der Waals surface area contributed by atoms with Gasteiger partial charge in [-0.05, 0) is 37.6 Å². The van der Waals surface area contributed by atoms with Crippen LogP contribution < -0.4 is 0 Å². The average molecular weight is 388 g/mol. The third-order valence-electron chi connectivity index (χ3n) is 4.06. The maximum atomic E-state index is 13.1. The Bertz CT molecular complexity index is 978. The number of aryl methyl sites for hydroxylation is 1. The van der Waals surface area contributed by atoms with E-state index in [9.17, 15) is 8.42 Å². The number of aromatic nitrogens is 1. The molecule has 0 radical (unpaired) electrons. The van der Waals surface area contributed by atoms with Gasteiger partial charge in [0.2, 0.25) is 25.8 Å². The first-order valence-electron chi connectivity index (χ1n) is 8.46. The lowest BCUT2D eigenvalue weighted by Gasteiger charge is -2.07. The average Bonchev–Trinajstić information content (AvgIpc) is 3.07. The molecule has 0 amide bonds. The fraction of sp³-hybridized carbons (Fsp3) is 0.250. The molecule has 0 saturated carbocycles. The summed E-state index contributed by atoms with van der Waals surface area (Å²) in [4.78, 5) is 4.59. The molecule has 0 fully saturated rings. The molecule has 0 unspecified atom stereocenters. The lowest BCUT2D eigenvalue weighted by Crippen LogP contribution is -2.04. The summed E-state index contributed by atoms with van der Waals surface area (Å²) in [5.74, 6) is 0.324. The largest absolute Gasteiger partial charge is 0.428 e. The lowest BCUT2D eigenvalue weighted by atomic mass is 10.1. The SMILES string of the molecule is CC[C@H](C)Sc1oc(-c2ccc(C)cc2)nc1S(=O)(=O)c1ccccc1. The molecule has 136 valence electrons. The van der Waals surface area contributed by atoms with Gasteiger partial charge in [-0.2, -0.15) is 4.98 Å². The zero-order valence-electron chi connectivity index (χ0n) is 15.0. The molecule has 0 aliphatic rings. The van der Waals surface area contributed by atoms with E-state index < -0.39 is 9.84 Å². The molecule has 0 saturated heterocycles. The number of hydrogen-bond donors (Lipinski definition) is 0. The molecule has 0 N–H and O–H groups in total. The third-order valence-corrected chi connectivity index (χ3v) is 7.09. The normalized spacial score (nSPS) is 12.9. The summed E-state index contributed by atoms with van der Waals surface area (Å²) in [7, 11) is -3.74. The van der Waals surface area contributed by atoms with Crippen molar-refractivity contribution < 1.29 is 12.8 Å². The summed E-state index contributed by atoms with van der Waals surface area (Å²) in [6.07, 6.45) is 0.899. The van der Waals surface area contributed by atoms with Crippen LogP contribution in [-0.4, -0.2) is 18.7 Å². The van der Waals surface area contributed by atoms with Crippen molar-refractivity contribution in [2.75, 3.05) is 0 Å². The number of nitrogens with zero attached hydrogens (tertiary/aromatic N) is 1. The first kappa shape index (κ1) is 18.7. The van der Waals surface area contributed by atoms with Gasteiger partial charge in [0.15, 0.2) is 0 Å². The minimum Gasteiger partial charge on any atom is -0.428 e. The van der Waals surface area contributed by atoms with Crippen molar-refractivity contribution in [3.8, 4) is 11.5 Å². The van der Waals surface area contributed by atoms with Crippen molar-refractivity contribution in [2.24, 2.45) is 0 Å².